The molecular formula is C18H21N5O4. The molecule has 1 unspecified atom stereocenters. The van der Waals surface area contributed by atoms with E-state index in [9.17, 15) is 9.59 Å². The first-order chi connectivity index (χ1) is 13.2. The summed E-state index contributed by atoms with van der Waals surface area (Å²) in [6.07, 6.45) is 4.27. The Kier molecular flexibility index (Phi) is 4.93. The molecule has 4 rings (SSSR count). The molecule has 1 fully saturated rings. The number of hydrogen-bond donors (Lipinski definition) is 2. The molecule has 0 aliphatic carbocycles. The first kappa shape index (κ1) is 17.3. The lowest BCUT2D eigenvalue weighted by Gasteiger charge is -2.25. The molecule has 9 heteroatoms. The van der Waals surface area contributed by atoms with Crippen molar-refractivity contribution < 1.29 is 19.1 Å². The minimum absolute atomic E-state index is 0.0248. The van der Waals surface area contributed by atoms with Gasteiger partial charge in [-0.25, -0.2) is 4.79 Å². The van der Waals surface area contributed by atoms with Gasteiger partial charge in [-0.05, 0) is 24.6 Å². The molecule has 0 radical (unpaired) electrons. The van der Waals surface area contributed by atoms with Crippen LogP contribution >= 0.6 is 0 Å². The summed E-state index contributed by atoms with van der Waals surface area (Å²) in [6, 6.07) is 6.84. The molecule has 2 aliphatic rings. The first-order valence-corrected chi connectivity index (χ1v) is 8.89. The van der Waals surface area contributed by atoms with Crippen LogP contribution in [0.4, 0.5) is 16.2 Å². The third-order valence-corrected chi connectivity index (χ3v) is 4.45. The third-order valence-electron chi connectivity index (χ3n) is 4.45. The van der Waals surface area contributed by atoms with Crippen LogP contribution in [0.1, 0.15) is 6.42 Å². The minimum Gasteiger partial charge on any atom is -0.482 e. The zero-order valence-corrected chi connectivity index (χ0v) is 14.8. The van der Waals surface area contributed by atoms with E-state index >= 15 is 0 Å². The van der Waals surface area contributed by atoms with Crippen LogP contribution in [-0.2, 0) is 16.1 Å². The van der Waals surface area contributed by atoms with E-state index in [1.165, 1.54) is 0 Å². The van der Waals surface area contributed by atoms with Crippen LogP contribution < -0.4 is 15.4 Å². The summed E-state index contributed by atoms with van der Waals surface area (Å²) in [5.74, 6) is 0.357. The fourth-order valence-electron chi connectivity index (χ4n) is 3.16. The van der Waals surface area contributed by atoms with Crippen molar-refractivity contribution in [1.29, 1.82) is 0 Å². The molecule has 0 bridgehead atoms. The molecule has 1 saturated heterocycles. The third kappa shape index (κ3) is 4.20. The molecule has 9 nitrogen and oxygen atoms in total. The maximum atomic E-state index is 12.7. The Bertz CT molecular complexity index is 823. The van der Waals surface area contributed by atoms with Crippen molar-refractivity contribution in [1.82, 2.24) is 14.7 Å². The highest BCUT2D eigenvalue weighted by atomic mass is 16.5. The van der Waals surface area contributed by atoms with E-state index < -0.39 is 0 Å². The molecule has 3 amide bonds. The number of fused-ring (bicyclic) bond motifs is 1. The van der Waals surface area contributed by atoms with Crippen LogP contribution in [0.2, 0.25) is 0 Å². The monoisotopic (exact) mass is 371 g/mol. The van der Waals surface area contributed by atoms with Crippen molar-refractivity contribution in [2.24, 2.45) is 0 Å². The van der Waals surface area contributed by atoms with E-state index in [1.807, 2.05) is 12.3 Å². The van der Waals surface area contributed by atoms with Gasteiger partial charge in [0.25, 0.3) is 5.91 Å². The largest absolute Gasteiger partial charge is 0.482 e. The van der Waals surface area contributed by atoms with Crippen LogP contribution in [-0.4, -0.2) is 59.0 Å². The van der Waals surface area contributed by atoms with Gasteiger partial charge in [-0.1, -0.05) is 0 Å². The quantitative estimate of drug-likeness (QED) is 0.853. The number of anilines is 2. The number of ether oxygens (including phenoxy) is 2. The number of hydrogen-bond acceptors (Lipinski definition) is 5. The molecule has 0 spiro atoms. The van der Waals surface area contributed by atoms with Gasteiger partial charge in [-0.15, -0.1) is 0 Å². The second-order valence-corrected chi connectivity index (χ2v) is 6.50. The van der Waals surface area contributed by atoms with Gasteiger partial charge in [0.1, 0.15) is 5.75 Å². The average molecular weight is 371 g/mol. The highest BCUT2D eigenvalue weighted by Crippen LogP contribution is 2.30. The lowest BCUT2D eigenvalue weighted by atomic mass is 10.2. The molecule has 2 aliphatic heterocycles. The molecular weight excluding hydrogens is 350 g/mol. The lowest BCUT2D eigenvalue weighted by molar-refractivity contribution is -0.118. The molecule has 142 valence electrons. The maximum Gasteiger partial charge on any atom is 0.321 e. The van der Waals surface area contributed by atoms with E-state index in [4.69, 9.17) is 9.47 Å². The van der Waals surface area contributed by atoms with E-state index in [0.717, 1.165) is 6.42 Å². The Morgan fingerprint density at radius 2 is 2.33 bits per heavy atom. The number of nitrogens with zero attached hydrogens (tertiary/aromatic N) is 3. The lowest BCUT2D eigenvalue weighted by Crippen LogP contribution is -2.41. The van der Waals surface area contributed by atoms with Crippen LogP contribution in [0, 0.1) is 0 Å². The molecule has 1 aromatic heterocycles. The Labute approximate surface area is 156 Å². The van der Waals surface area contributed by atoms with E-state index in [-0.39, 0.29) is 24.6 Å². The Hall–Kier alpha value is -3.07. The smallest absolute Gasteiger partial charge is 0.321 e. The summed E-state index contributed by atoms with van der Waals surface area (Å²) >= 11 is 0. The fourth-order valence-corrected chi connectivity index (χ4v) is 3.16. The number of carbonyl (C=O) groups is 2. The minimum atomic E-state index is -0.189. The molecule has 3 heterocycles. The molecule has 2 aromatic rings. The van der Waals surface area contributed by atoms with Crippen LogP contribution in [0.5, 0.6) is 5.75 Å². The van der Waals surface area contributed by atoms with Gasteiger partial charge in [0.2, 0.25) is 0 Å². The summed E-state index contributed by atoms with van der Waals surface area (Å²) in [6.45, 7) is 2.30. The number of amides is 3. The number of nitrogens with one attached hydrogen (secondary N) is 2. The van der Waals surface area contributed by atoms with E-state index in [2.05, 4.69) is 15.7 Å². The second-order valence-electron chi connectivity index (χ2n) is 6.50. The highest BCUT2D eigenvalue weighted by Gasteiger charge is 2.24. The van der Waals surface area contributed by atoms with Crippen molar-refractivity contribution >= 4 is 23.3 Å². The summed E-state index contributed by atoms with van der Waals surface area (Å²) in [4.78, 5) is 25.8. The van der Waals surface area contributed by atoms with Gasteiger partial charge >= 0.3 is 6.03 Å². The summed E-state index contributed by atoms with van der Waals surface area (Å²) < 4.78 is 13.0. The zero-order valence-electron chi connectivity index (χ0n) is 14.8. The van der Waals surface area contributed by atoms with Gasteiger partial charge in [-0.2, -0.15) is 5.10 Å². The summed E-state index contributed by atoms with van der Waals surface area (Å²) in [7, 11) is 0. The van der Waals surface area contributed by atoms with Crippen LogP contribution in [0.3, 0.4) is 0 Å². The van der Waals surface area contributed by atoms with Crippen molar-refractivity contribution in [3.8, 4) is 5.75 Å². The van der Waals surface area contributed by atoms with E-state index in [0.29, 0.717) is 43.4 Å². The van der Waals surface area contributed by atoms with Crippen molar-refractivity contribution in [3.05, 3.63) is 36.7 Å². The standard InChI is InChI=1S/C18H21N5O4/c24-17-12-27-16-9-13(3-4-15(16)21-17)20-18(25)22-6-2-8-26-14(10-22)11-23-7-1-5-19-23/h1,3-5,7,9,14H,2,6,8,10-12H2,(H,20,25)(H,21,24). The molecule has 1 atom stereocenters. The molecule has 1 aromatic carbocycles. The van der Waals surface area contributed by atoms with Crippen LogP contribution in [0.15, 0.2) is 36.7 Å². The summed E-state index contributed by atoms with van der Waals surface area (Å²) in [5.41, 5.74) is 1.22. The normalized spacial score (nSPS) is 19.5. The number of benzene rings is 1. The van der Waals surface area contributed by atoms with Crippen LogP contribution in [0.25, 0.3) is 0 Å². The fraction of sp³-hybridized carbons (Fsp3) is 0.389. The predicted molar refractivity (Wildman–Crippen MR) is 97.7 cm³/mol. The van der Waals surface area contributed by atoms with Gasteiger partial charge in [0.15, 0.2) is 6.61 Å². The molecule has 0 saturated carbocycles. The average Bonchev–Trinajstić information content (AvgIpc) is 3.05. The van der Waals surface area contributed by atoms with Gasteiger partial charge in [-0.3, -0.25) is 9.48 Å². The van der Waals surface area contributed by atoms with Gasteiger partial charge < -0.3 is 25.0 Å². The Morgan fingerprint density at radius 1 is 1.41 bits per heavy atom. The van der Waals surface area contributed by atoms with Gasteiger partial charge in [0.05, 0.1) is 24.9 Å². The number of urea groups is 1. The van der Waals surface area contributed by atoms with E-state index in [1.54, 1.807) is 34.0 Å². The second kappa shape index (κ2) is 7.67. The van der Waals surface area contributed by atoms with Crippen molar-refractivity contribution in [3.63, 3.8) is 0 Å². The number of rotatable bonds is 3. The molecule has 2 N–H and O–H groups in total. The van der Waals surface area contributed by atoms with Gasteiger partial charge in [0, 0.05) is 37.3 Å². The molecule has 27 heavy (non-hydrogen) atoms. The zero-order chi connectivity index (χ0) is 18.6. The van der Waals surface area contributed by atoms with Crippen molar-refractivity contribution in [2.75, 3.05) is 36.9 Å². The van der Waals surface area contributed by atoms with Crippen molar-refractivity contribution in [2.45, 2.75) is 19.1 Å². The number of carbonyl (C=O) groups excluding carboxylic acids is 2. The first-order valence-electron chi connectivity index (χ1n) is 8.89. The summed E-state index contributed by atoms with van der Waals surface area (Å²) in [5, 5.41) is 9.82. The number of aromatic nitrogens is 2. The SMILES string of the molecule is O=C1COc2cc(NC(=O)N3CCCOC(Cn4cccn4)C3)ccc2N1. The topological polar surface area (TPSA) is 97.7 Å². The Morgan fingerprint density at radius 3 is 3.19 bits per heavy atom. The maximum absolute atomic E-state index is 12.7. The highest BCUT2D eigenvalue weighted by molar-refractivity contribution is 5.96. The predicted octanol–water partition coefficient (Wildman–Crippen LogP) is 1.54. The Balaban J connectivity index is 1.40.